The molecule has 1 saturated heterocycles. The van der Waals surface area contributed by atoms with Gasteiger partial charge < -0.3 is 15.2 Å². The van der Waals surface area contributed by atoms with Crippen molar-refractivity contribution >= 4 is 0 Å². The molecule has 7 heteroatoms. The van der Waals surface area contributed by atoms with Crippen LogP contribution in [0.5, 0.6) is 0 Å². The summed E-state index contributed by atoms with van der Waals surface area (Å²) >= 11 is 0. The van der Waals surface area contributed by atoms with Crippen LogP contribution in [0.25, 0.3) is 0 Å². The van der Waals surface area contributed by atoms with Gasteiger partial charge in [-0.1, -0.05) is 42.5 Å². The van der Waals surface area contributed by atoms with E-state index in [9.17, 15) is 18.3 Å². The van der Waals surface area contributed by atoms with Crippen LogP contribution < -0.4 is 5.32 Å². The van der Waals surface area contributed by atoms with Crippen molar-refractivity contribution in [2.24, 2.45) is 0 Å². The van der Waals surface area contributed by atoms with E-state index in [1.165, 1.54) is 19.2 Å². The van der Waals surface area contributed by atoms with Crippen LogP contribution >= 0.6 is 0 Å². The zero-order chi connectivity index (χ0) is 20.9. The van der Waals surface area contributed by atoms with Gasteiger partial charge >= 0.3 is 6.18 Å². The van der Waals surface area contributed by atoms with Crippen molar-refractivity contribution < 1.29 is 23.0 Å². The number of nitrogens with zero attached hydrogens (tertiary/aromatic N) is 1. The van der Waals surface area contributed by atoms with Gasteiger partial charge in [0.1, 0.15) is 0 Å². The molecule has 0 unspecified atom stereocenters. The Morgan fingerprint density at radius 1 is 1.17 bits per heavy atom. The number of methoxy groups -OCH3 is 1. The number of hydrogen-bond acceptors (Lipinski definition) is 4. The van der Waals surface area contributed by atoms with E-state index in [2.05, 4.69) is 10.2 Å². The molecule has 1 aliphatic rings. The van der Waals surface area contributed by atoms with Crippen LogP contribution in [0.1, 0.15) is 29.2 Å². The Balaban J connectivity index is 1.67. The van der Waals surface area contributed by atoms with Crippen LogP contribution in [0.4, 0.5) is 13.2 Å². The normalized spacial score (nSPS) is 21.4. The molecule has 2 N–H and O–H groups in total. The predicted octanol–water partition coefficient (Wildman–Crippen LogP) is 3.62. The van der Waals surface area contributed by atoms with Crippen LogP contribution in [-0.2, 0) is 17.5 Å². The summed E-state index contributed by atoms with van der Waals surface area (Å²) in [6, 6.07) is 15.1. The molecular formula is C22H27F3N2O2. The summed E-state index contributed by atoms with van der Waals surface area (Å²) in [6.45, 7) is 2.12. The first-order valence-corrected chi connectivity index (χ1v) is 9.72. The minimum Gasteiger partial charge on any atom is -0.392 e. The number of hydrogen-bond donors (Lipinski definition) is 2. The Kier molecular flexibility index (Phi) is 7.29. The second kappa shape index (κ2) is 9.71. The maximum Gasteiger partial charge on any atom is 0.416 e. The summed E-state index contributed by atoms with van der Waals surface area (Å²) in [5.74, 6) is 0. The number of benzene rings is 2. The van der Waals surface area contributed by atoms with E-state index < -0.39 is 17.8 Å². The number of alkyl halides is 3. The summed E-state index contributed by atoms with van der Waals surface area (Å²) in [5.41, 5.74) is 1.03. The second-order valence-corrected chi connectivity index (χ2v) is 7.50. The molecule has 0 saturated carbocycles. The van der Waals surface area contributed by atoms with Crippen LogP contribution in [-0.4, -0.2) is 49.0 Å². The molecule has 0 spiro atoms. The fraction of sp³-hybridized carbons (Fsp3) is 0.455. The van der Waals surface area contributed by atoms with Crippen molar-refractivity contribution in [3.8, 4) is 0 Å². The number of aliphatic hydroxyl groups excluding tert-OH is 1. The lowest BCUT2D eigenvalue weighted by atomic mass is 10.0. The van der Waals surface area contributed by atoms with Crippen LogP contribution in [0.15, 0.2) is 54.6 Å². The summed E-state index contributed by atoms with van der Waals surface area (Å²) in [4.78, 5) is 2.21. The fourth-order valence-electron chi connectivity index (χ4n) is 3.83. The third kappa shape index (κ3) is 6.02. The molecule has 0 amide bonds. The van der Waals surface area contributed by atoms with E-state index in [1.54, 1.807) is 6.07 Å². The molecule has 1 fully saturated rings. The summed E-state index contributed by atoms with van der Waals surface area (Å²) in [7, 11) is 1.53. The van der Waals surface area contributed by atoms with E-state index in [-0.39, 0.29) is 18.7 Å². The Bertz CT molecular complexity index is 770. The highest BCUT2D eigenvalue weighted by atomic mass is 19.4. The molecule has 0 aliphatic carbocycles. The fourth-order valence-corrected chi connectivity index (χ4v) is 3.83. The van der Waals surface area contributed by atoms with Gasteiger partial charge in [0, 0.05) is 32.8 Å². The molecule has 3 atom stereocenters. The van der Waals surface area contributed by atoms with Gasteiger partial charge in [-0.25, -0.2) is 0 Å². The van der Waals surface area contributed by atoms with Crippen molar-refractivity contribution in [2.75, 3.05) is 26.8 Å². The van der Waals surface area contributed by atoms with Crippen molar-refractivity contribution in [3.63, 3.8) is 0 Å². The van der Waals surface area contributed by atoms with Gasteiger partial charge in [0.2, 0.25) is 0 Å². The van der Waals surface area contributed by atoms with Gasteiger partial charge in [0.25, 0.3) is 0 Å². The lowest BCUT2D eigenvalue weighted by Gasteiger charge is -2.27. The average molecular weight is 408 g/mol. The first kappa shape index (κ1) is 21.8. The first-order valence-electron chi connectivity index (χ1n) is 9.72. The van der Waals surface area contributed by atoms with E-state index in [0.717, 1.165) is 18.2 Å². The van der Waals surface area contributed by atoms with Crippen molar-refractivity contribution in [2.45, 2.75) is 37.3 Å². The zero-order valence-electron chi connectivity index (χ0n) is 16.4. The van der Waals surface area contributed by atoms with Crippen LogP contribution in [0, 0.1) is 0 Å². The molecule has 0 aromatic heterocycles. The van der Waals surface area contributed by atoms with Gasteiger partial charge in [-0.05, 0) is 29.7 Å². The van der Waals surface area contributed by atoms with E-state index >= 15 is 0 Å². The summed E-state index contributed by atoms with van der Waals surface area (Å²) < 4.78 is 44.4. The number of nitrogens with one attached hydrogen (secondary N) is 1. The Hall–Kier alpha value is -1.93. The molecule has 29 heavy (non-hydrogen) atoms. The Labute approximate surface area is 169 Å². The van der Waals surface area contributed by atoms with Crippen LogP contribution in [0.3, 0.4) is 0 Å². The Morgan fingerprint density at radius 2 is 1.93 bits per heavy atom. The smallest absolute Gasteiger partial charge is 0.392 e. The summed E-state index contributed by atoms with van der Waals surface area (Å²) in [6.07, 6.45) is -4.16. The molecule has 1 aliphatic heterocycles. The molecular weight excluding hydrogens is 381 g/mol. The highest BCUT2D eigenvalue weighted by Gasteiger charge is 2.33. The van der Waals surface area contributed by atoms with Gasteiger partial charge in [0.15, 0.2) is 0 Å². The molecule has 158 valence electrons. The number of ether oxygens (including phenoxy) is 1. The molecule has 1 heterocycles. The van der Waals surface area contributed by atoms with E-state index in [1.807, 2.05) is 30.3 Å². The maximum absolute atomic E-state index is 13.1. The lowest BCUT2D eigenvalue weighted by molar-refractivity contribution is -0.137. The third-order valence-corrected chi connectivity index (χ3v) is 5.28. The number of halogens is 3. The predicted molar refractivity (Wildman–Crippen MR) is 105 cm³/mol. The SMILES string of the molecule is COC[C@H](NC[C@H]1C[C@H](O)CN1Cc1ccccc1)c1cccc(C(F)(F)F)c1. The van der Waals surface area contributed by atoms with Gasteiger partial charge in [-0.15, -0.1) is 0 Å². The molecule has 2 aromatic carbocycles. The quantitative estimate of drug-likeness (QED) is 0.700. The zero-order valence-corrected chi connectivity index (χ0v) is 16.4. The third-order valence-electron chi connectivity index (χ3n) is 5.28. The minimum atomic E-state index is -4.38. The number of likely N-dealkylation sites (tertiary alicyclic amines) is 1. The topological polar surface area (TPSA) is 44.7 Å². The van der Waals surface area contributed by atoms with Crippen molar-refractivity contribution in [1.29, 1.82) is 0 Å². The molecule has 3 rings (SSSR count). The highest BCUT2D eigenvalue weighted by Crippen LogP contribution is 2.31. The summed E-state index contributed by atoms with van der Waals surface area (Å²) in [5, 5.41) is 13.5. The number of rotatable bonds is 8. The van der Waals surface area contributed by atoms with Crippen molar-refractivity contribution in [1.82, 2.24) is 10.2 Å². The second-order valence-electron chi connectivity index (χ2n) is 7.50. The monoisotopic (exact) mass is 408 g/mol. The van der Waals surface area contributed by atoms with Gasteiger partial charge in [-0.2, -0.15) is 13.2 Å². The largest absolute Gasteiger partial charge is 0.416 e. The number of β-amino-alcohol motifs (C(OH)–C–C–N with tert-alkyl or cyclic N) is 1. The van der Waals surface area contributed by atoms with Crippen molar-refractivity contribution in [3.05, 3.63) is 71.3 Å². The van der Waals surface area contributed by atoms with Gasteiger partial charge in [-0.3, -0.25) is 4.90 Å². The molecule has 2 aromatic rings. The van der Waals surface area contributed by atoms with Gasteiger partial charge in [0.05, 0.1) is 24.3 Å². The number of aliphatic hydroxyl groups is 1. The maximum atomic E-state index is 13.1. The van der Waals surface area contributed by atoms with E-state index in [0.29, 0.717) is 25.1 Å². The van der Waals surface area contributed by atoms with Crippen LogP contribution in [0.2, 0.25) is 0 Å². The minimum absolute atomic E-state index is 0.0929. The Morgan fingerprint density at radius 3 is 2.62 bits per heavy atom. The van der Waals surface area contributed by atoms with E-state index in [4.69, 9.17) is 4.74 Å². The highest BCUT2D eigenvalue weighted by molar-refractivity contribution is 5.28. The average Bonchev–Trinajstić information content (AvgIpc) is 3.04. The first-order chi connectivity index (χ1) is 13.9. The molecule has 4 nitrogen and oxygen atoms in total. The molecule has 0 radical (unpaired) electrons. The standard InChI is InChI=1S/C22H27F3N2O2/c1-29-15-21(17-8-5-9-18(10-17)22(23,24)25)26-12-19-11-20(28)14-27(19)13-16-6-3-2-4-7-16/h2-10,19-21,26,28H,11-15H2,1H3/t19-,20+,21+/m1/s1. The molecule has 0 bridgehead atoms. The lowest BCUT2D eigenvalue weighted by Crippen LogP contribution is -2.39.